The number of carbonyl (C=O) groups is 2. The van der Waals surface area contributed by atoms with Crippen molar-refractivity contribution in [3.05, 3.63) is 59.7 Å². The van der Waals surface area contributed by atoms with E-state index in [1.165, 1.54) is 37.3 Å². The van der Waals surface area contributed by atoms with Crippen molar-refractivity contribution in [1.29, 1.82) is 5.26 Å². The Morgan fingerprint density at radius 1 is 1.15 bits per heavy atom. The number of ether oxygens (including phenoxy) is 2. The molecule has 2 aromatic carbocycles. The number of anilines is 1. The number of nitriles is 1. The molecule has 0 saturated carbocycles. The van der Waals surface area contributed by atoms with E-state index in [9.17, 15) is 18.4 Å². The number of rotatable bonds is 6. The van der Waals surface area contributed by atoms with Gasteiger partial charge in [-0.1, -0.05) is 0 Å². The van der Waals surface area contributed by atoms with Crippen molar-refractivity contribution in [3.8, 4) is 11.8 Å². The van der Waals surface area contributed by atoms with Gasteiger partial charge in [-0.25, -0.2) is 13.6 Å². The first-order valence-corrected chi connectivity index (χ1v) is 7.47. The van der Waals surface area contributed by atoms with Gasteiger partial charge in [0, 0.05) is 11.8 Å². The zero-order chi connectivity index (χ0) is 19.1. The largest absolute Gasteiger partial charge is 0.479 e. The monoisotopic (exact) mass is 360 g/mol. The van der Waals surface area contributed by atoms with E-state index in [0.29, 0.717) is 11.3 Å². The molecule has 6 nitrogen and oxygen atoms in total. The second-order valence-electron chi connectivity index (χ2n) is 5.18. The number of esters is 1. The molecule has 1 amide bonds. The van der Waals surface area contributed by atoms with Gasteiger partial charge in [-0.15, -0.1) is 0 Å². The highest BCUT2D eigenvalue weighted by atomic mass is 19.2. The lowest BCUT2D eigenvalue weighted by Gasteiger charge is -2.14. The highest BCUT2D eigenvalue weighted by Crippen LogP contribution is 2.14. The third-order valence-corrected chi connectivity index (χ3v) is 3.18. The van der Waals surface area contributed by atoms with Crippen molar-refractivity contribution in [3.63, 3.8) is 0 Å². The van der Waals surface area contributed by atoms with Crippen molar-refractivity contribution in [2.24, 2.45) is 0 Å². The van der Waals surface area contributed by atoms with Crippen LogP contribution in [-0.4, -0.2) is 24.6 Å². The van der Waals surface area contributed by atoms with Crippen LogP contribution in [-0.2, 0) is 14.3 Å². The molecule has 8 heteroatoms. The third-order valence-electron chi connectivity index (χ3n) is 3.18. The van der Waals surface area contributed by atoms with Crippen LogP contribution in [0.1, 0.15) is 12.5 Å². The van der Waals surface area contributed by atoms with E-state index in [-0.39, 0.29) is 5.69 Å². The first kappa shape index (κ1) is 18.9. The Balaban J connectivity index is 1.81. The maximum absolute atomic E-state index is 13.1. The molecular formula is C18H14F2N2O4. The van der Waals surface area contributed by atoms with Crippen LogP contribution in [0.3, 0.4) is 0 Å². The molecule has 0 bridgehead atoms. The van der Waals surface area contributed by atoms with Gasteiger partial charge >= 0.3 is 5.97 Å². The van der Waals surface area contributed by atoms with E-state index < -0.39 is 36.2 Å². The predicted molar refractivity (Wildman–Crippen MR) is 87.2 cm³/mol. The van der Waals surface area contributed by atoms with Crippen LogP contribution in [0.15, 0.2) is 42.5 Å². The number of hydrogen-bond donors (Lipinski definition) is 1. The van der Waals surface area contributed by atoms with Gasteiger partial charge < -0.3 is 14.8 Å². The lowest BCUT2D eigenvalue weighted by molar-refractivity contribution is -0.153. The number of nitrogens with zero attached hydrogens (tertiary/aromatic N) is 1. The van der Waals surface area contributed by atoms with Crippen LogP contribution in [0.2, 0.25) is 0 Å². The normalized spacial score (nSPS) is 11.2. The molecule has 0 radical (unpaired) electrons. The Morgan fingerprint density at radius 3 is 2.46 bits per heavy atom. The molecular weight excluding hydrogens is 346 g/mol. The predicted octanol–water partition coefficient (Wildman–Crippen LogP) is 2.79. The van der Waals surface area contributed by atoms with Crippen LogP contribution in [0.5, 0.6) is 5.75 Å². The minimum atomic E-state index is -1.11. The molecule has 2 aromatic rings. The van der Waals surface area contributed by atoms with Crippen LogP contribution in [0, 0.1) is 23.0 Å². The summed E-state index contributed by atoms with van der Waals surface area (Å²) in [5, 5.41) is 11.0. The fourth-order valence-corrected chi connectivity index (χ4v) is 1.89. The van der Waals surface area contributed by atoms with Crippen LogP contribution >= 0.6 is 0 Å². The topological polar surface area (TPSA) is 88.4 Å². The summed E-state index contributed by atoms with van der Waals surface area (Å²) in [4.78, 5) is 23.5. The fourth-order valence-electron chi connectivity index (χ4n) is 1.89. The molecule has 0 spiro atoms. The molecule has 0 fully saturated rings. The number of carbonyl (C=O) groups excluding carboxylic acids is 2. The lowest BCUT2D eigenvalue weighted by atomic mass is 10.2. The second-order valence-corrected chi connectivity index (χ2v) is 5.18. The van der Waals surface area contributed by atoms with E-state index in [1.807, 2.05) is 6.07 Å². The minimum Gasteiger partial charge on any atom is -0.479 e. The molecule has 0 aromatic heterocycles. The molecule has 1 N–H and O–H groups in total. The van der Waals surface area contributed by atoms with Crippen molar-refractivity contribution in [2.75, 3.05) is 11.9 Å². The average Bonchev–Trinajstić information content (AvgIpc) is 2.63. The van der Waals surface area contributed by atoms with Crippen LogP contribution in [0.25, 0.3) is 0 Å². The van der Waals surface area contributed by atoms with Gasteiger partial charge in [0.05, 0.1) is 11.6 Å². The SMILES string of the molecule is C[C@H](Oc1ccc(C#N)cc1)C(=O)OCC(=O)Nc1ccc(F)c(F)c1. The van der Waals surface area contributed by atoms with Gasteiger partial charge in [0.15, 0.2) is 24.3 Å². The second kappa shape index (κ2) is 8.58. The highest BCUT2D eigenvalue weighted by molar-refractivity contribution is 5.93. The van der Waals surface area contributed by atoms with E-state index in [0.717, 1.165) is 12.1 Å². The summed E-state index contributed by atoms with van der Waals surface area (Å²) in [7, 11) is 0. The van der Waals surface area contributed by atoms with Gasteiger partial charge in [-0.3, -0.25) is 4.79 Å². The summed E-state index contributed by atoms with van der Waals surface area (Å²) >= 11 is 0. The van der Waals surface area contributed by atoms with E-state index in [1.54, 1.807) is 0 Å². The smallest absolute Gasteiger partial charge is 0.347 e. The van der Waals surface area contributed by atoms with Gasteiger partial charge in [0.25, 0.3) is 5.91 Å². The zero-order valence-electron chi connectivity index (χ0n) is 13.7. The number of halogens is 2. The van der Waals surface area contributed by atoms with Crippen molar-refractivity contribution >= 4 is 17.6 Å². The fraction of sp³-hybridized carbons (Fsp3) is 0.167. The van der Waals surface area contributed by atoms with Gasteiger partial charge in [-0.05, 0) is 43.3 Å². The summed E-state index contributed by atoms with van der Waals surface area (Å²) in [6.45, 7) is 0.826. The summed E-state index contributed by atoms with van der Waals surface area (Å²) in [5.74, 6) is -3.28. The highest BCUT2D eigenvalue weighted by Gasteiger charge is 2.18. The van der Waals surface area contributed by atoms with E-state index in [2.05, 4.69) is 5.32 Å². The molecule has 2 rings (SSSR count). The summed E-state index contributed by atoms with van der Waals surface area (Å²) in [6, 6.07) is 10.9. The third kappa shape index (κ3) is 5.27. The zero-order valence-corrected chi connectivity index (χ0v) is 13.7. The Bertz CT molecular complexity index is 847. The van der Waals surface area contributed by atoms with Crippen molar-refractivity contribution in [2.45, 2.75) is 13.0 Å². The summed E-state index contributed by atoms with van der Waals surface area (Å²) in [5.41, 5.74) is 0.480. The Hall–Kier alpha value is -3.47. The first-order valence-electron chi connectivity index (χ1n) is 7.47. The molecule has 0 aliphatic heterocycles. The summed E-state index contributed by atoms with van der Waals surface area (Å²) < 4.78 is 36.0. The first-order chi connectivity index (χ1) is 12.4. The quantitative estimate of drug-likeness (QED) is 0.801. The Kier molecular flexibility index (Phi) is 6.22. The molecule has 0 unspecified atom stereocenters. The average molecular weight is 360 g/mol. The number of nitrogens with one attached hydrogen (secondary N) is 1. The Morgan fingerprint density at radius 2 is 1.85 bits per heavy atom. The minimum absolute atomic E-state index is 0.0341. The number of hydrogen-bond acceptors (Lipinski definition) is 5. The van der Waals surface area contributed by atoms with Crippen LogP contribution < -0.4 is 10.1 Å². The lowest BCUT2D eigenvalue weighted by Crippen LogP contribution is -2.29. The van der Waals surface area contributed by atoms with Crippen LogP contribution in [0.4, 0.5) is 14.5 Å². The molecule has 1 atom stereocenters. The molecule has 26 heavy (non-hydrogen) atoms. The molecule has 0 aliphatic carbocycles. The number of benzene rings is 2. The van der Waals surface area contributed by atoms with Crippen molar-refractivity contribution < 1.29 is 27.8 Å². The van der Waals surface area contributed by atoms with E-state index in [4.69, 9.17) is 14.7 Å². The maximum Gasteiger partial charge on any atom is 0.347 e. The maximum atomic E-state index is 13.1. The molecule has 0 aliphatic rings. The molecule has 134 valence electrons. The Labute approximate surface area is 148 Å². The van der Waals surface area contributed by atoms with Gasteiger partial charge in [-0.2, -0.15) is 5.26 Å². The number of amides is 1. The summed E-state index contributed by atoms with van der Waals surface area (Å²) in [6.07, 6.45) is -0.987. The van der Waals surface area contributed by atoms with Gasteiger partial charge in [0.1, 0.15) is 5.75 Å². The molecule has 0 heterocycles. The molecule has 0 saturated heterocycles. The van der Waals surface area contributed by atoms with Gasteiger partial charge in [0.2, 0.25) is 0 Å². The van der Waals surface area contributed by atoms with Crippen molar-refractivity contribution in [1.82, 2.24) is 0 Å². The van der Waals surface area contributed by atoms with E-state index >= 15 is 0 Å². The standard InChI is InChI=1S/C18H14F2N2O4/c1-11(26-14-5-2-12(9-21)3-6-14)18(24)25-10-17(23)22-13-4-7-15(19)16(20)8-13/h2-8,11H,10H2,1H3,(H,22,23)/t11-/m0/s1.